The summed E-state index contributed by atoms with van der Waals surface area (Å²) in [5.74, 6) is 0. The second kappa shape index (κ2) is 5.29. The Morgan fingerprint density at radius 1 is 0.519 bits per heavy atom. The Morgan fingerprint density at radius 2 is 0.704 bits per heavy atom. The van der Waals surface area contributed by atoms with Gasteiger partial charge in [0.1, 0.15) is 0 Å². The summed E-state index contributed by atoms with van der Waals surface area (Å²) in [4.78, 5) is 0. The van der Waals surface area contributed by atoms with Gasteiger partial charge in [-0.15, -0.1) is 0 Å². The van der Waals surface area contributed by atoms with Crippen molar-refractivity contribution in [1.82, 2.24) is 0 Å². The molecule has 1 aliphatic heterocycles. The summed E-state index contributed by atoms with van der Waals surface area (Å²) in [6.07, 6.45) is -30.6. The van der Waals surface area contributed by atoms with E-state index in [0.29, 0.717) is 0 Å². The molecule has 0 radical (unpaired) electrons. The number of alkyl halides is 12. The molecule has 1 fully saturated rings. The molecule has 0 atom stereocenters. The minimum atomic E-state index is -8.88. The molecule has 2 nitrogen and oxygen atoms in total. The van der Waals surface area contributed by atoms with Crippen molar-refractivity contribution in [2.45, 2.75) is 61.8 Å². The summed E-state index contributed by atoms with van der Waals surface area (Å²) in [6.45, 7) is 0.224. The Kier molecular flexibility index (Phi) is 4.78. The predicted octanol–water partition coefficient (Wildman–Crippen LogP) is 6.71. The third-order valence-corrected chi connectivity index (χ3v) is 6.99. The SMILES string of the molecule is CC(C)(C)P1(F)(F)OC(C(F)(F)F)(C(F)(F)F)C(C(F)(F)F)(C(F)(F)F)O1. The van der Waals surface area contributed by atoms with Crippen LogP contribution in [0.15, 0.2) is 0 Å². The molecular weight excluding hydrogens is 449 g/mol. The molecule has 1 heterocycles. The molecule has 27 heavy (non-hydrogen) atoms. The van der Waals surface area contributed by atoms with Crippen molar-refractivity contribution in [1.29, 1.82) is 0 Å². The van der Waals surface area contributed by atoms with Crippen molar-refractivity contribution in [3.8, 4) is 0 Å². The van der Waals surface area contributed by atoms with Crippen LogP contribution in [0.3, 0.4) is 0 Å². The number of hydrogen-bond donors (Lipinski definition) is 0. The van der Waals surface area contributed by atoms with Crippen LogP contribution in [0.25, 0.3) is 0 Å². The topological polar surface area (TPSA) is 18.5 Å². The third kappa shape index (κ3) is 2.80. The van der Waals surface area contributed by atoms with E-state index < -0.39 is 48.7 Å². The van der Waals surface area contributed by atoms with Crippen molar-refractivity contribution >= 4 is 7.68 Å². The normalized spacial score (nSPS) is 27.1. The molecule has 1 aliphatic rings. The van der Waals surface area contributed by atoms with Crippen LogP contribution in [-0.4, -0.2) is 41.1 Å². The van der Waals surface area contributed by atoms with Crippen molar-refractivity contribution in [3.05, 3.63) is 0 Å². The van der Waals surface area contributed by atoms with Crippen LogP contribution < -0.4 is 0 Å². The maximum atomic E-state index is 14.6. The van der Waals surface area contributed by atoms with E-state index in [9.17, 15) is 61.1 Å². The molecule has 0 N–H and O–H groups in total. The van der Waals surface area contributed by atoms with Gasteiger partial charge in [-0.2, -0.15) is 0 Å². The zero-order valence-corrected chi connectivity index (χ0v) is 13.9. The fraction of sp³-hybridized carbons (Fsp3) is 1.00. The first-order valence-electron chi connectivity index (χ1n) is 6.35. The zero-order chi connectivity index (χ0) is 22.4. The van der Waals surface area contributed by atoms with E-state index in [1.54, 1.807) is 0 Å². The molecule has 17 heteroatoms. The minimum absolute atomic E-state index is 0.0746. The fourth-order valence-electron chi connectivity index (χ4n) is 2.20. The molecule has 0 aromatic heterocycles. The van der Waals surface area contributed by atoms with Crippen LogP contribution in [0.5, 0.6) is 0 Å². The Labute approximate surface area is 141 Å². The van der Waals surface area contributed by atoms with Gasteiger partial charge in [0, 0.05) is 0 Å². The van der Waals surface area contributed by atoms with E-state index in [4.69, 9.17) is 0 Å². The second-order valence-electron chi connectivity index (χ2n) is 6.47. The van der Waals surface area contributed by atoms with Crippen LogP contribution in [0.2, 0.25) is 0 Å². The summed E-state index contributed by atoms with van der Waals surface area (Å²) in [7, 11) is -8.88. The Balaban J connectivity index is 4.31. The van der Waals surface area contributed by atoms with Gasteiger partial charge in [-0.25, -0.2) is 0 Å². The predicted molar refractivity (Wildman–Crippen MR) is 60.7 cm³/mol. The van der Waals surface area contributed by atoms with Gasteiger partial charge in [0.25, 0.3) is 0 Å². The maximum absolute atomic E-state index is 14.6. The monoisotopic (exact) mass is 458 g/mol. The average Bonchev–Trinajstić information content (AvgIpc) is 2.54. The van der Waals surface area contributed by atoms with Gasteiger partial charge in [-0.1, -0.05) is 0 Å². The zero-order valence-electron chi connectivity index (χ0n) is 13.1. The van der Waals surface area contributed by atoms with Gasteiger partial charge in [0.2, 0.25) is 0 Å². The van der Waals surface area contributed by atoms with E-state index in [-0.39, 0.29) is 20.8 Å². The van der Waals surface area contributed by atoms with Crippen molar-refractivity contribution in [2.75, 3.05) is 0 Å². The Bertz CT molecular complexity index is 532. The van der Waals surface area contributed by atoms with E-state index in [1.807, 2.05) is 0 Å². The molecule has 1 rings (SSSR count). The van der Waals surface area contributed by atoms with Gasteiger partial charge in [-0.3, -0.25) is 0 Å². The third-order valence-electron chi connectivity index (χ3n) is 3.73. The molecule has 0 aromatic carbocycles. The standard InChI is InChI=1S/C10H9F14O2P/c1-4(2,3)27(23,24)25-5(7(11,12)13,8(14,15)16)6(26-27,9(17,18)19)10(20,21)22/h1-3H3. The number of halogens is 14. The first-order chi connectivity index (χ1) is 11.2. The van der Waals surface area contributed by atoms with Gasteiger partial charge < -0.3 is 0 Å². The molecule has 164 valence electrons. The molecule has 0 spiro atoms. The second-order valence-corrected chi connectivity index (χ2v) is 9.71. The van der Waals surface area contributed by atoms with Crippen LogP contribution in [0.4, 0.5) is 61.1 Å². The Hall–Kier alpha value is -0.630. The van der Waals surface area contributed by atoms with Gasteiger partial charge in [0.05, 0.1) is 0 Å². The van der Waals surface area contributed by atoms with Crippen LogP contribution >= 0.6 is 7.68 Å². The quantitative estimate of drug-likeness (QED) is 0.297. The molecule has 0 aliphatic carbocycles. The summed E-state index contributed by atoms with van der Waals surface area (Å²) in [5, 5.41) is -3.41. The molecule has 0 aromatic rings. The van der Waals surface area contributed by atoms with E-state index in [2.05, 4.69) is 9.05 Å². The molecule has 0 unspecified atom stereocenters. The first kappa shape index (κ1) is 24.4. The van der Waals surface area contributed by atoms with Gasteiger partial charge in [0.15, 0.2) is 0 Å². The summed E-state index contributed by atoms with van der Waals surface area (Å²) < 4.78 is 192. The van der Waals surface area contributed by atoms with Crippen molar-refractivity contribution < 1.29 is 70.1 Å². The average molecular weight is 458 g/mol. The van der Waals surface area contributed by atoms with Crippen molar-refractivity contribution in [3.63, 3.8) is 0 Å². The van der Waals surface area contributed by atoms with Crippen LogP contribution in [-0.2, 0) is 9.05 Å². The molecular formula is C10H9F14O2P. The van der Waals surface area contributed by atoms with Gasteiger partial charge >= 0.3 is 140 Å². The van der Waals surface area contributed by atoms with Crippen LogP contribution in [0.1, 0.15) is 20.8 Å². The summed E-state index contributed by atoms with van der Waals surface area (Å²) in [6, 6.07) is 0. The van der Waals surface area contributed by atoms with Crippen LogP contribution in [0, 0.1) is 0 Å². The van der Waals surface area contributed by atoms with E-state index in [0.717, 1.165) is 0 Å². The molecule has 1 saturated heterocycles. The fourth-order valence-corrected chi connectivity index (χ4v) is 4.37. The molecule has 0 saturated carbocycles. The number of rotatable bonds is 0. The van der Waals surface area contributed by atoms with Gasteiger partial charge in [-0.05, 0) is 0 Å². The first-order valence-corrected chi connectivity index (χ1v) is 8.21. The summed E-state index contributed by atoms with van der Waals surface area (Å²) in [5.41, 5.74) is -14.9. The molecule has 0 amide bonds. The van der Waals surface area contributed by atoms with E-state index in [1.165, 1.54) is 0 Å². The number of hydrogen-bond acceptors (Lipinski definition) is 2. The summed E-state index contributed by atoms with van der Waals surface area (Å²) >= 11 is 0. The van der Waals surface area contributed by atoms with E-state index >= 15 is 0 Å². The Morgan fingerprint density at radius 3 is 0.815 bits per heavy atom. The molecule has 0 bridgehead atoms. The van der Waals surface area contributed by atoms with Crippen molar-refractivity contribution in [2.24, 2.45) is 0 Å².